The second kappa shape index (κ2) is 8.12. The van der Waals surface area contributed by atoms with E-state index in [0.29, 0.717) is 13.1 Å². The van der Waals surface area contributed by atoms with Gasteiger partial charge >= 0.3 is 0 Å². The Morgan fingerprint density at radius 3 is 1.94 bits per heavy atom. The first-order valence-corrected chi connectivity index (χ1v) is 8.75. The average molecular weight is 278 g/mol. The highest BCUT2D eigenvalue weighted by Crippen LogP contribution is 2.27. The lowest BCUT2D eigenvalue weighted by Gasteiger charge is -2.41. The molecule has 0 aliphatic carbocycles. The molecule has 2 N–H and O–H groups in total. The Labute approximate surface area is 113 Å². The van der Waals surface area contributed by atoms with Crippen LogP contribution in [0.25, 0.3) is 0 Å². The molecule has 0 rings (SSSR count). The van der Waals surface area contributed by atoms with Crippen molar-refractivity contribution >= 4 is 10.0 Å². The summed E-state index contributed by atoms with van der Waals surface area (Å²) in [5, 5.41) is 0. The van der Waals surface area contributed by atoms with Crippen molar-refractivity contribution < 1.29 is 8.42 Å². The zero-order valence-electron chi connectivity index (χ0n) is 12.4. The van der Waals surface area contributed by atoms with Crippen LogP contribution in [0, 0.1) is 0 Å². The average Bonchev–Trinajstić information content (AvgIpc) is 2.37. The van der Waals surface area contributed by atoms with Crippen LogP contribution in [0.3, 0.4) is 0 Å². The molecule has 0 fully saturated rings. The molecular formula is C13H30N2O2S. The third kappa shape index (κ3) is 4.21. The molecule has 0 amide bonds. The Kier molecular flexibility index (Phi) is 8.06. The normalized spacial score (nSPS) is 13.2. The monoisotopic (exact) mass is 278 g/mol. The predicted molar refractivity (Wildman–Crippen MR) is 78.1 cm³/mol. The molecule has 0 aromatic carbocycles. The molecule has 4 nitrogen and oxygen atoms in total. The Hall–Kier alpha value is -0.130. The van der Waals surface area contributed by atoms with Crippen molar-refractivity contribution in [2.45, 2.75) is 65.3 Å². The third-order valence-corrected chi connectivity index (χ3v) is 5.79. The molecule has 0 aromatic rings. The van der Waals surface area contributed by atoms with Crippen molar-refractivity contribution in [1.29, 1.82) is 0 Å². The highest BCUT2D eigenvalue weighted by Gasteiger charge is 2.38. The van der Waals surface area contributed by atoms with Gasteiger partial charge in [0, 0.05) is 18.6 Å². The molecule has 0 atom stereocenters. The summed E-state index contributed by atoms with van der Waals surface area (Å²) in [5.74, 6) is 0.241. The quantitative estimate of drug-likeness (QED) is 0.667. The van der Waals surface area contributed by atoms with E-state index in [1.807, 2.05) is 27.7 Å². The minimum absolute atomic E-state index is 0.241. The van der Waals surface area contributed by atoms with Gasteiger partial charge in [0.15, 0.2) is 0 Å². The molecule has 0 aromatic heterocycles. The molecule has 0 bridgehead atoms. The van der Waals surface area contributed by atoms with Crippen molar-refractivity contribution in [2.24, 2.45) is 5.73 Å². The summed E-state index contributed by atoms with van der Waals surface area (Å²) in [6.07, 6.45) is 3.98. The van der Waals surface area contributed by atoms with Gasteiger partial charge in [0.25, 0.3) is 0 Å². The molecule has 0 spiro atoms. The zero-order chi connectivity index (χ0) is 14.2. The van der Waals surface area contributed by atoms with Crippen molar-refractivity contribution in [3.05, 3.63) is 0 Å². The van der Waals surface area contributed by atoms with E-state index in [1.54, 1.807) is 4.31 Å². The fourth-order valence-corrected chi connectivity index (χ4v) is 4.56. The highest BCUT2D eigenvalue weighted by atomic mass is 32.2. The predicted octanol–water partition coefficient (Wildman–Crippen LogP) is 2.35. The lowest BCUT2D eigenvalue weighted by molar-refractivity contribution is 0.177. The first-order chi connectivity index (χ1) is 8.44. The summed E-state index contributed by atoms with van der Waals surface area (Å²) in [6, 6.07) is 0. The lowest BCUT2D eigenvalue weighted by Crippen LogP contribution is -2.56. The van der Waals surface area contributed by atoms with Gasteiger partial charge in [-0.25, -0.2) is 8.42 Å². The summed E-state index contributed by atoms with van der Waals surface area (Å²) >= 11 is 0. The van der Waals surface area contributed by atoms with Crippen LogP contribution in [0.1, 0.15) is 59.8 Å². The second-order valence-electron chi connectivity index (χ2n) is 4.88. The molecule has 0 heterocycles. The van der Waals surface area contributed by atoms with E-state index < -0.39 is 15.6 Å². The van der Waals surface area contributed by atoms with Crippen molar-refractivity contribution in [3.63, 3.8) is 0 Å². The summed E-state index contributed by atoms with van der Waals surface area (Å²) in [5.41, 5.74) is 5.48. The molecule has 0 saturated heterocycles. The number of hydrogen-bond acceptors (Lipinski definition) is 3. The van der Waals surface area contributed by atoms with Crippen molar-refractivity contribution in [1.82, 2.24) is 4.31 Å². The van der Waals surface area contributed by atoms with E-state index >= 15 is 0 Å². The van der Waals surface area contributed by atoms with Gasteiger partial charge in [-0.2, -0.15) is 4.31 Å². The van der Waals surface area contributed by atoms with Gasteiger partial charge in [-0.15, -0.1) is 0 Å². The summed E-state index contributed by atoms with van der Waals surface area (Å²) in [6.45, 7) is 9.03. The van der Waals surface area contributed by atoms with E-state index in [0.717, 1.165) is 32.1 Å². The number of rotatable bonds is 10. The minimum atomic E-state index is -3.19. The van der Waals surface area contributed by atoms with Crippen LogP contribution >= 0.6 is 0 Å². The first kappa shape index (κ1) is 17.9. The molecule has 0 radical (unpaired) electrons. The zero-order valence-corrected chi connectivity index (χ0v) is 13.2. The number of hydrogen-bond donors (Lipinski definition) is 1. The van der Waals surface area contributed by atoms with Gasteiger partial charge in [0.1, 0.15) is 0 Å². The highest BCUT2D eigenvalue weighted by molar-refractivity contribution is 7.89. The van der Waals surface area contributed by atoms with Gasteiger partial charge in [-0.1, -0.05) is 34.1 Å². The van der Waals surface area contributed by atoms with E-state index in [-0.39, 0.29) is 5.75 Å². The number of sulfonamides is 1. The van der Waals surface area contributed by atoms with Gasteiger partial charge in [-0.05, 0) is 25.7 Å². The largest absolute Gasteiger partial charge is 0.329 e. The standard InChI is InChI=1S/C13H30N2O2S/c1-5-9-11-18(16,17)15(10-6-2)13(7-3,8-4)12-14/h5-12,14H2,1-4H3. The lowest BCUT2D eigenvalue weighted by atomic mass is 9.93. The molecule has 0 aliphatic heterocycles. The van der Waals surface area contributed by atoms with Gasteiger partial charge in [0.05, 0.1) is 5.75 Å². The topological polar surface area (TPSA) is 63.4 Å². The Bertz CT molecular complexity index is 303. The summed E-state index contributed by atoms with van der Waals surface area (Å²) < 4.78 is 26.6. The van der Waals surface area contributed by atoms with Crippen LogP contribution in [0.15, 0.2) is 0 Å². The van der Waals surface area contributed by atoms with E-state index in [1.165, 1.54) is 0 Å². The van der Waals surface area contributed by atoms with Crippen LogP contribution in [0.2, 0.25) is 0 Å². The van der Waals surface area contributed by atoms with Crippen LogP contribution in [0.4, 0.5) is 0 Å². The number of unbranched alkanes of at least 4 members (excludes halogenated alkanes) is 1. The molecule has 0 unspecified atom stereocenters. The molecule has 110 valence electrons. The van der Waals surface area contributed by atoms with Gasteiger partial charge < -0.3 is 5.73 Å². The maximum Gasteiger partial charge on any atom is 0.214 e. The number of nitrogens with zero attached hydrogens (tertiary/aromatic N) is 1. The van der Waals surface area contributed by atoms with E-state index in [4.69, 9.17) is 5.73 Å². The van der Waals surface area contributed by atoms with Crippen LogP contribution in [-0.2, 0) is 10.0 Å². The summed E-state index contributed by atoms with van der Waals surface area (Å²) in [7, 11) is -3.19. The van der Waals surface area contributed by atoms with Crippen LogP contribution < -0.4 is 5.73 Å². The SMILES string of the molecule is CCCCS(=O)(=O)N(CCC)C(CC)(CC)CN. The maximum absolute atomic E-state index is 12.5. The molecule has 0 aliphatic rings. The van der Waals surface area contributed by atoms with Crippen molar-refractivity contribution in [3.8, 4) is 0 Å². The third-order valence-electron chi connectivity index (χ3n) is 3.74. The Balaban J connectivity index is 5.26. The maximum atomic E-state index is 12.5. The minimum Gasteiger partial charge on any atom is -0.329 e. The molecule has 18 heavy (non-hydrogen) atoms. The smallest absolute Gasteiger partial charge is 0.214 e. The molecule has 0 saturated carbocycles. The summed E-state index contributed by atoms with van der Waals surface area (Å²) in [4.78, 5) is 0. The van der Waals surface area contributed by atoms with Crippen LogP contribution in [-0.4, -0.2) is 37.1 Å². The molecule has 5 heteroatoms. The fourth-order valence-electron chi connectivity index (χ4n) is 2.30. The first-order valence-electron chi connectivity index (χ1n) is 7.14. The van der Waals surface area contributed by atoms with Crippen LogP contribution in [0.5, 0.6) is 0 Å². The molecular weight excluding hydrogens is 248 g/mol. The Morgan fingerprint density at radius 2 is 1.61 bits per heavy atom. The second-order valence-corrected chi connectivity index (χ2v) is 6.89. The fraction of sp³-hybridized carbons (Fsp3) is 1.00. The Morgan fingerprint density at radius 1 is 1.06 bits per heavy atom. The van der Waals surface area contributed by atoms with E-state index in [2.05, 4.69) is 0 Å². The van der Waals surface area contributed by atoms with Gasteiger partial charge in [0.2, 0.25) is 10.0 Å². The van der Waals surface area contributed by atoms with E-state index in [9.17, 15) is 8.42 Å². The number of nitrogens with two attached hydrogens (primary N) is 1. The van der Waals surface area contributed by atoms with Crippen molar-refractivity contribution in [2.75, 3.05) is 18.8 Å². The van der Waals surface area contributed by atoms with Gasteiger partial charge in [-0.3, -0.25) is 0 Å².